The minimum absolute atomic E-state index is 0.0583. The average molecular weight is 273 g/mol. The van der Waals surface area contributed by atoms with Crippen molar-refractivity contribution in [3.8, 4) is 5.75 Å². The topological polar surface area (TPSA) is 51.5 Å². The van der Waals surface area contributed by atoms with Crippen LogP contribution in [0.5, 0.6) is 5.75 Å². The van der Waals surface area contributed by atoms with Gasteiger partial charge in [-0.3, -0.25) is 4.79 Å². The number of ether oxygens (including phenoxy) is 1. The zero-order valence-electron chi connectivity index (χ0n) is 11.8. The van der Waals surface area contributed by atoms with Crippen molar-refractivity contribution < 1.29 is 13.9 Å². The number of rotatable bonds is 5. The van der Waals surface area contributed by atoms with Gasteiger partial charge in [-0.1, -0.05) is 0 Å². The first-order chi connectivity index (χ1) is 9.67. The second-order valence-electron chi connectivity index (χ2n) is 5.49. The van der Waals surface area contributed by atoms with E-state index < -0.39 is 0 Å². The molecule has 1 aromatic carbocycles. The summed E-state index contributed by atoms with van der Waals surface area (Å²) >= 11 is 0. The molecule has 0 aliphatic heterocycles. The molecule has 1 aliphatic rings. The molecule has 1 aliphatic carbocycles. The first-order valence-electron chi connectivity index (χ1n) is 7.01. The van der Waals surface area contributed by atoms with Gasteiger partial charge in [-0.05, 0) is 37.8 Å². The lowest BCUT2D eigenvalue weighted by atomic mass is 10.1. The largest absolute Gasteiger partial charge is 0.497 e. The summed E-state index contributed by atoms with van der Waals surface area (Å²) in [6.07, 6.45) is 4.48. The van der Waals surface area contributed by atoms with Crippen LogP contribution in [0.4, 0.5) is 0 Å². The van der Waals surface area contributed by atoms with E-state index in [-0.39, 0.29) is 11.9 Å². The summed E-state index contributed by atoms with van der Waals surface area (Å²) in [7, 11) is 1.62. The van der Waals surface area contributed by atoms with Gasteiger partial charge in [0.25, 0.3) is 0 Å². The normalized spacial score (nSPS) is 16.1. The van der Waals surface area contributed by atoms with Gasteiger partial charge in [-0.25, -0.2) is 0 Å². The van der Waals surface area contributed by atoms with E-state index in [0.29, 0.717) is 12.3 Å². The van der Waals surface area contributed by atoms with Crippen molar-refractivity contribution in [1.82, 2.24) is 5.32 Å². The molecule has 0 radical (unpaired) electrons. The molecule has 1 fully saturated rings. The van der Waals surface area contributed by atoms with E-state index in [1.54, 1.807) is 13.4 Å². The number of hydrogen-bond acceptors (Lipinski definition) is 3. The highest BCUT2D eigenvalue weighted by Crippen LogP contribution is 2.32. The van der Waals surface area contributed by atoms with Crippen LogP contribution in [0.3, 0.4) is 0 Å². The Morgan fingerprint density at radius 3 is 3.00 bits per heavy atom. The van der Waals surface area contributed by atoms with Crippen molar-refractivity contribution >= 4 is 16.9 Å². The Bertz CT molecular complexity index is 628. The van der Waals surface area contributed by atoms with Crippen LogP contribution in [-0.4, -0.2) is 19.1 Å². The molecule has 0 bridgehead atoms. The highest BCUT2D eigenvalue weighted by molar-refractivity contribution is 5.88. The van der Waals surface area contributed by atoms with Crippen molar-refractivity contribution in [1.29, 1.82) is 0 Å². The van der Waals surface area contributed by atoms with Gasteiger partial charge in [0.1, 0.15) is 11.3 Å². The molecule has 1 atom stereocenters. The minimum atomic E-state index is 0.0583. The molecule has 106 valence electrons. The van der Waals surface area contributed by atoms with Gasteiger partial charge in [0.15, 0.2) is 0 Å². The molecule has 2 aromatic rings. The monoisotopic (exact) mass is 273 g/mol. The predicted molar refractivity (Wildman–Crippen MR) is 76.8 cm³/mol. The van der Waals surface area contributed by atoms with Crippen LogP contribution in [0.1, 0.15) is 25.3 Å². The molecule has 4 heteroatoms. The van der Waals surface area contributed by atoms with Crippen molar-refractivity contribution in [2.45, 2.75) is 32.2 Å². The Morgan fingerprint density at radius 1 is 1.50 bits per heavy atom. The summed E-state index contributed by atoms with van der Waals surface area (Å²) in [6.45, 7) is 2.08. The zero-order chi connectivity index (χ0) is 14.1. The Labute approximate surface area is 118 Å². The third kappa shape index (κ3) is 2.64. The Balaban J connectivity index is 1.71. The molecule has 0 saturated heterocycles. The smallest absolute Gasteiger partial charge is 0.224 e. The number of furan rings is 1. The van der Waals surface area contributed by atoms with Gasteiger partial charge < -0.3 is 14.5 Å². The summed E-state index contributed by atoms with van der Waals surface area (Å²) < 4.78 is 10.7. The second kappa shape index (κ2) is 5.19. The van der Waals surface area contributed by atoms with Crippen LogP contribution < -0.4 is 10.1 Å². The van der Waals surface area contributed by atoms with Crippen molar-refractivity contribution in [2.24, 2.45) is 5.92 Å². The lowest BCUT2D eigenvalue weighted by molar-refractivity contribution is -0.121. The first kappa shape index (κ1) is 13.0. The van der Waals surface area contributed by atoms with Crippen LogP contribution in [-0.2, 0) is 11.2 Å². The fraction of sp³-hybridized carbons (Fsp3) is 0.438. The molecule has 3 rings (SSSR count). The van der Waals surface area contributed by atoms with Gasteiger partial charge in [0.05, 0.1) is 19.8 Å². The third-order valence-electron chi connectivity index (χ3n) is 3.93. The molecule has 20 heavy (non-hydrogen) atoms. The number of methoxy groups -OCH3 is 1. The first-order valence-corrected chi connectivity index (χ1v) is 7.01. The lowest BCUT2D eigenvalue weighted by Gasteiger charge is -2.12. The molecule has 1 aromatic heterocycles. The van der Waals surface area contributed by atoms with E-state index in [1.165, 1.54) is 12.8 Å². The van der Waals surface area contributed by atoms with E-state index in [0.717, 1.165) is 22.3 Å². The maximum atomic E-state index is 12.0. The van der Waals surface area contributed by atoms with Gasteiger partial charge >= 0.3 is 0 Å². The molecule has 1 saturated carbocycles. The molecule has 1 heterocycles. The summed E-state index contributed by atoms with van der Waals surface area (Å²) in [5, 5.41) is 4.03. The molecular formula is C16H19NO3. The second-order valence-corrected chi connectivity index (χ2v) is 5.49. The van der Waals surface area contributed by atoms with Gasteiger partial charge in [-0.2, -0.15) is 0 Å². The Morgan fingerprint density at radius 2 is 2.30 bits per heavy atom. The molecule has 0 unspecified atom stereocenters. The number of carbonyl (C=O) groups is 1. The Hall–Kier alpha value is -1.97. The SMILES string of the molecule is COc1ccc2c(CC(=O)N[C@H](C)C3CC3)coc2c1. The summed E-state index contributed by atoms with van der Waals surface area (Å²) in [6, 6.07) is 5.93. The molecule has 1 amide bonds. The molecule has 4 nitrogen and oxygen atoms in total. The van der Waals surface area contributed by atoms with E-state index in [4.69, 9.17) is 9.15 Å². The van der Waals surface area contributed by atoms with E-state index >= 15 is 0 Å². The average Bonchev–Trinajstić information content (AvgIpc) is 3.22. The van der Waals surface area contributed by atoms with Gasteiger partial charge in [0, 0.05) is 23.1 Å². The maximum absolute atomic E-state index is 12.0. The number of carbonyl (C=O) groups excluding carboxylic acids is 1. The van der Waals surface area contributed by atoms with Crippen LogP contribution >= 0.6 is 0 Å². The standard InChI is InChI=1S/C16H19NO3/c1-10(11-3-4-11)17-16(18)7-12-9-20-15-8-13(19-2)5-6-14(12)15/h5-6,8-11H,3-4,7H2,1-2H3,(H,17,18)/t10-/m1/s1. The maximum Gasteiger partial charge on any atom is 0.224 e. The summed E-state index contributed by atoms with van der Waals surface area (Å²) in [5.74, 6) is 1.48. The Kier molecular flexibility index (Phi) is 3.38. The number of hydrogen-bond donors (Lipinski definition) is 1. The zero-order valence-corrected chi connectivity index (χ0v) is 11.8. The van der Waals surface area contributed by atoms with Gasteiger partial charge in [-0.15, -0.1) is 0 Å². The van der Waals surface area contributed by atoms with Crippen LogP contribution in [0.15, 0.2) is 28.9 Å². The predicted octanol–water partition coefficient (Wildman–Crippen LogP) is 2.90. The molecule has 0 spiro atoms. The van der Waals surface area contributed by atoms with Crippen LogP contribution in [0.25, 0.3) is 11.0 Å². The van der Waals surface area contributed by atoms with Crippen molar-refractivity contribution in [3.63, 3.8) is 0 Å². The van der Waals surface area contributed by atoms with E-state index in [9.17, 15) is 4.79 Å². The van der Waals surface area contributed by atoms with Crippen molar-refractivity contribution in [2.75, 3.05) is 7.11 Å². The van der Waals surface area contributed by atoms with Gasteiger partial charge in [0.2, 0.25) is 5.91 Å². The highest BCUT2D eigenvalue weighted by atomic mass is 16.5. The number of nitrogens with one attached hydrogen (secondary N) is 1. The summed E-state index contributed by atoms with van der Waals surface area (Å²) in [5.41, 5.74) is 1.67. The van der Waals surface area contributed by atoms with Crippen LogP contribution in [0, 0.1) is 5.92 Å². The summed E-state index contributed by atoms with van der Waals surface area (Å²) in [4.78, 5) is 12.0. The lowest BCUT2D eigenvalue weighted by Crippen LogP contribution is -2.35. The number of amides is 1. The van der Waals surface area contributed by atoms with Crippen molar-refractivity contribution in [3.05, 3.63) is 30.0 Å². The van der Waals surface area contributed by atoms with E-state index in [1.807, 2.05) is 18.2 Å². The number of fused-ring (bicyclic) bond motifs is 1. The molecular weight excluding hydrogens is 254 g/mol. The highest BCUT2D eigenvalue weighted by Gasteiger charge is 2.28. The van der Waals surface area contributed by atoms with E-state index in [2.05, 4.69) is 12.2 Å². The fourth-order valence-corrected chi connectivity index (χ4v) is 2.52. The van der Waals surface area contributed by atoms with Crippen LogP contribution in [0.2, 0.25) is 0 Å². The minimum Gasteiger partial charge on any atom is -0.497 e. The third-order valence-corrected chi connectivity index (χ3v) is 3.93. The fourth-order valence-electron chi connectivity index (χ4n) is 2.52. The molecule has 1 N–H and O–H groups in total. The quantitative estimate of drug-likeness (QED) is 0.911. The number of benzene rings is 1.